The van der Waals surface area contributed by atoms with E-state index in [0.29, 0.717) is 6.54 Å². The average Bonchev–Trinajstić information content (AvgIpc) is 2.77. The molecule has 0 radical (unpaired) electrons. The molecule has 0 atom stereocenters. The largest absolute Gasteiger partial charge is 0.393 e. The molecule has 1 aromatic carbocycles. The van der Waals surface area contributed by atoms with Crippen molar-refractivity contribution in [3.63, 3.8) is 0 Å². The summed E-state index contributed by atoms with van der Waals surface area (Å²) in [7, 11) is 0. The van der Waals surface area contributed by atoms with Crippen LogP contribution in [0.5, 0.6) is 0 Å². The van der Waals surface area contributed by atoms with Crippen LogP contribution in [0.25, 0.3) is 0 Å². The molecule has 0 unspecified atom stereocenters. The number of hydrogen-bond acceptors (Lipinski definition) is 4. The summed E-state index contributed by atoms with van der Waals surface area (Å²) in [6.07, 6.45) is 4.44. The van der Waals surface area contributed by atoms with E-state index in [-0.39, 0.29) is 11.4 Å². The lowest BCUT2D eigenvalue weighted by Crippen LogP contribution is -2.10. The fourth-order valence-electron chi connectivity index (χ4n) is 2.97. The van der Waals surface area contributed by atoms with Crippen molar-refractivity contribution in [2.75, 3.05) is 5.73 Å². The molecule has 110 valence electrons. The summed E-state index contributed by atoms with van der Waals surface area (Å²) in [5.74, 6) is 0.973. The molecule has 3 rings (SSSR count). The van der Waals surface area contributed by atoms with Gasteiger partial charge in [0.1, 0.15) is 11.5 Å². The summed E-state index contributed by atoms with van der Waals surface area (Å²) in [6, 6.07) is 5.01. The molecule has 6 nitrogen and oxygen atoms in total. The maximum atomic E-state index is 11.0. The van der Waals surface area contributed by atoms with Gasteiger partial charge in [0.05, 0.1) is 10.6 Å². The van der Waals surface area contributed by atoms with Gasteiger partial charge in [-0.25, -0.2) is 4.98 Å². The molecule has 2 aromatic rings. The van der Waals surface area contributed by atoms with Crippen LogP contribution in [0.1, 0.15) is 35.6 Å². The number of aromatic nitrogens is 2. The van der Waals surface area contributed by atoms with Crippen LogP contribution in [-0.2, 0) is 19.4 Å². The lowest BCUT2D eigenvalue weighted by molar-refractivity contribution is -0.384. The first-order valence-corrected chi connectivity index (χ1v) is 7.14. The van der Waals surface area contributed by atoms with Crippen molar-refractivity contribution in [1.82, 2.24) is 9.55 Å². The Kier molecular flexibility index (Phi) is 3.37. The number of nitro groups is 1. The van der Waals surface area contributed by atoms with Gasteiger partial charge < -0.3 is 10.3 Å². The van der Waals surface area contributed by atoms with E-state index >= 15 is 0 Å². The molecule has 1 aliphatic rings. The summed E-state index contributed by atoms with van der Waals surface area (Å²) in [5, 5.41) is 11.0. The number of rotatable bonds is 3. The Morgan fingerprint density at radius 3 is 2.90 bits per heavy atom. The van der Waals surface area contributed by atoms with E-state index in [0.717, 1.165) is 24.2 Å². The molecule has 0 saturated carbocycles. The van der Waals surface area contributed by atoms with Crippen LogP contribution < -0.4 is 5.73 Å². The Morgan fingerprint density at radius 2 is 2.14 bits per heavy atom. The summed E-state index contributed by atoms with van der Waals surface area (Å²) in [5.41, 5.74) is 9.16. The number of imidazole rings is 1. The minimum atomic E-state index is -0.435. The van der Waals surface area contributed by atoms with E-state index in [1.807, 2.05) is 13.0 Å². The maximum Gasteiger partial charge on any atom is 0.292 e. The van der Waals surface area contributed by atoms with E-state index in [1.54, 1.807) is 12.1 Å². The monoisotopic (exact) mass is 286 g/mol. The predicted octanol–water partition coefficient (Wildman–Crippen LogP) is 2.61. The Balaban J connectivity index is 1.96. The minimum Gasteiger partial charge on any atom is -0.393 e. The molecule has 21 heavy (non-hydrogen) atoms. The highest BCUT2D eigenvalue weighted by molar-refractivity contribution is 5.59. The number of benzene rings is 1. The van der Waals surface area contributed by atoms with Crippen LogP contribution in [-0.4, -0.2) is 14.5 Å². The SMILES string of the molecule is Cc1nc2c(n1Cc1ccc(N)c([N+](=O)[O-])c1)CCCC2. The van der Waals surface area contributed by atoms with Gasteiger partial charge in [0.15, 0.2) is 0 Å². The molecule has 0 bridgehead atoms. The molecule has 0 aliphatic heterocycles. The molecule has 1 aromatic heterocycles. The average molecular weight is 286 g/mol. The third-order valence-corrected chi connectivity index (χ3v) is 4.06. The Labute approximate surface area is 122 Å². The molecule has 6 heteroatoms. The summed E-state index contributed by atoms with van der Waals surface area (Å²) in [4.78, 5) is 15.2. The van der Waals surface area contributed by atoms with E-state index in [4.69, 9.17) is 5.73 Å². The van der Waals surface area contributed by atoms with E-state index in [2.05, 4.69) is 9.55 Å². The van der Waals surface area contributed by atoms with Gasteiger partial charge in [-0.1, -0.05) is 6.07 Å². The molecular formula is C15H18N4O2. The number of aryl methyl sites for hydroxylation is 2. The van der Waals surface area contributed by atoms with Crippen molar-refractivity contribution >= 4 is 11.4 Å². The first-order valence-electron chi connectivity index (χ1n) is 7.14. The second-order valence-electron chi connectivity index (χ2n) is 5.50. The molecule has 1 aliphatic carbocycles. The van der Waals surface area contributed by atoms with Crippen molar-refractivity contribution in [2.24, 2.45) is 0 Å². The standard InChI is InChI=1S/C15H18N4O2/c1-10-17-13-4-2-3-5-14(13)18(10)9-11-6-7-12(16)15(8-11)19(20)21/h6-8H,2-5,9,16H2,1H3. The highest BCUT2D eigenvalue weighted by Gasteiger charge is 2.19. The highest BCUT2D eigenvalue weighted by atomic mass is 16.6. The molecule has 2 N–H and O–H groups in total. The Hall–Kier alpha value is -2.37. The van der Waals surface area contributed by atoms with Crippen LogP contribution in [0, 0.1) is 17.0 Å². The third-order valence-electron chi connectivity index (χ3n) is 4.06. The van der Waals surface area contributed by atoms with Gasteiger partial charge in [-0.05, 0) is 44.2 Å². The first kappa shape index (κ1) is 13.6. The smallest absolute Gasteiger partial charge is 0.292 e. The maximum absolute atomic E-state index is 11.0. The van der Waals surface area contributed by atoms with Gasteiger partial charge in [-0.15, -0.1) is 0 Å². The Bertz CT molecular complexity index is 706. The summed E-state index contributed by atoms with van der Waals surface area (Å²) < 4.78 is 2.17. The van der Waals surface area contributed by atoms with Crippen molar-refractivity contribution in [1.29, 1.82) is 0 Å². The molecule has 1 heterocycles. The Morgan fingerprint density at radius 1 is 1.38 bits per heavy atom. The minimum absolute atomic E-state index is 0.0286. The lowest BCUT2D eigenvalue weighted by atomic mass is 10.0. The van der Waals surface area contributed by atoms with Crippen molar-refractivity contribution < 1.29 is 4.92 Å². The van der Waals surface area contributed by atoms with Gasteiger partial charge in [-0.3, -0.25) is 10.1 Å². The van der Waals surface area contributed by atoms with Gasteiger partial charge in [0.25, 0.3) is 5.69 Å². The van der Waals surface area contributed by atoms with Gasteiger partial charge in [-0.2, -0.15) is 0 Å². The van der Waals surface area contributed by atoms with E-state index in [9.17, 15) is 10.1 Å². The molecule has 0 amide bonds. The number of fused-ring (bicyclic) bond motifs is 1. The van der Waals surface area contributed by atoms with Crippen LogP contribution in [0.15, 0.2) is 18.2 Å². The fraction of sp³-hybridized carbons (Fsp3) is 0.400. The lowest BCUT2D eigenvalue weighted by Gasteiger charge is -2.15. The van der Waals surface area contributed by atoms with Crippen LogP contribution in [0.4, 0.5) is 11.4 Å². The van der Waals surface area contributed by atoms with Crippen molar-refractivity contribution in [3.05, 3.63) is 51.1 Å². The summed E-state index contributed by atoms with van der Waals surface area (Å²) >= 11 is 0. The normalized spacial score (nSPS) is 14.0. The third kappa shape index (κ3) is 2.49. The quantitative estimate of drug-likeness (QED) is 0.533. The highest BCUT2D eigenvalue weighted by Crippen LogP contribution is 2.26. The number of anilines is 1. The first-order chi connectivity index (χ1) is 10.1. The zero-order chi connectivity index (χ0) is 15.0. The molecule has 0 saturated heterocycles. The van der Waals surface area contributed by atoms with E-state index in [1.165, 1.54) is 24.2 Å². The number of nitrogen functional groups attached to an aromatic ring is 1. The van der Waals surface area contributed by atoms with Gasteiger partial charge >= 0.3 is 0 Å². The molecule has 0 spiro atoms. The van der Waals surface area contributed by atoms with Crippen molar-refractivity contribution in [3.8, 4) is 0 Å². The second-order valence-corrected chi connectivity index (χ2v) is 5.50. The number of nitrogens with zero attached hydrogens (tertiary/aromatic N) is 3. The molecular weight excluding hydrogens is 268 g/mol. The van der Waals surface area contributed by atoms with Crippen molar-refractivity contribution in [2.45, 2.75) is 39.2 Å². The number of nitrogens with two attached hydrogens (primary N) is 1. The van der Waals surface area contributed by atoms with Crippen LogP contribution in [0.3, 0.4) is 0 Å². The number of hydrogen-bond donors (Lipinski definition) is 1. The van der Waals surface area contributed by atoms with Crippen LogP contribution in [0.2, 0.25) is 0 Å². The molecule has 0 fully saturated rings. The van der Waals surface area contributed by atoms with E-state index < -0.39 is 4.92 Å². The zero-order valence-corrected chi connectivity index (χ0v) is 12.0. The second kappa shape index (κ2) is 5.20. The van der Waals surface area contributed by atoms with Gasteiger partial charge in [0, 0.05) is 18.3 Å². The van der Waals surface area contributed by atoms with Crippen LogP contribution >= 0.6 is 0 Å². The topological polar surface area (TPSA) is 87.0 Å². The summed E-state index contributed by atoms with van der Waals surface area (Å²) in [6.45, 7) is 2.60. The zero-order valence-electron chi connectivity index (χ0n) is 12.0. The van der Waals surface area contributed by atoms with Gasteiger partial charge in [0.2, 0.25) is 0 Å². The predicted molar refractivity (Wildman–Crippen MR) is 80.2 cm³/mol. The number of nitro benzene ring substituents is 1. The fourth-order valence-corrected chi connectivity index (χ4v) is 2.97.